The predicted molar refractivity (Wildman–Crippen MR) is 79.1 cm³/mol. The zero-order chi connectivity index (χ0) is 13.5. The zero-order valence-electron chi connectivity index (χ0n) is 12.0. The van der Waals surface area contributed by atoms with Crippen LogP contribution in [0.15, 0.2) is 24.3 Å². The number of ketones is 1. The van der Waals surface area contributed by atoms with Crippen LogP contribution in [0.5, 0.6) is 0 Å². The van der Waals surface area contributed by atoms with E-state index in [9.17, 15) is 4.79 Å². The minimum atomic E-state index is 0.447. The van der Waals surface area contributed by atoms with Gasteiger partial charge in [-0.3, -0.25) is 4.79 Å². The average molecular weight is 259 g/mol. The molecule has 0 unspecified atom stereocenters. The van der Waals surface area contributed by atoms with Crippen LogP contribution in [-0.4, -0.2) is 12.3 Å². The van der Waals surface area contributed by atoms with E-state index in [4.69, 9.17) is 0 Å². The lowest BCUT2D eigenvalue weighted by Gasteiger charge is -2.21. The Labute approximate surface area is 116 Å². The van der Waals surface area contributed by atoms with Gasteiger partial charge in [-0.15, -0.1) is 0 Å². The summed E-state index contributed by atoms with van der Waals surface area (Å²) in [6.07, 6.45) is 6.10. The van der Waals surface area contributed by atoms with E-state index in [0.29, 0.717) is 11.7 Å². The van der Waals surface area contributed by atoms with Crippen molar-refractivity contribution in [2.45, 2.75) is 52.0 Å². The van der Waals surface area contributed by atoms with Crippen LogP contribution in [0, 0.1) is 5.92 Å². The SMILES string of the molecule is CCCc1ccc(CNCC2CCC(=O)CC2)cc1. The fourth-order valence-corrected chi connectivity index (χ4v) is 2.74. The number of hydrogen-bond donors (Lipinski definition) is 1. The van der Waals surface area contributed by atoms with Crippen LogP contribution in [0.4, 0.5) is 0 Å². The van der Waals surface area contributed by atoms with Crippen LogP contribution in [0.25, 0.3) is 0 Å². The van der Waals surface area contributed by atoms with E-state index in [2.05, 4.69) is 36.5 Å². The largest absolute Gasteiger partial charge is 0.312 e. The smallest absolute Gasteiger partial charge is 0.132 e. The van der Waals surface area contributed by atoms with E-state index in [-0.39, 0.29) is 0 Å². The highest BCUT2D eigenvalue weighted by Crippen LogP contribution is 2.20. The Morgan fingerprint density at radius 1 is 1.11 bits per heavy atom. The summed E-state index contributed by atoms with van der Waals surface area (Å²) < 4.78 is 0. The van der Waals surface area contributed by atoms with Crippen LogP contribution in [0.1, 0.15) is 50.2 Å². The van der Waals surface area contributed by atoms with E-state index >= 15 is 0 Å². The molecule has 1 fully saturated rings. The first kappa shape index (κ1) is 14.3. The van der Waals surface area contributed by atoms with Gasteiger partial charge in [0.25, 0.3) is 0 Å². The molecule has 0 saturated heterocycles. The first-order chi connectivity index (χ1) is 9.28. The van der Waals surface area contributed by atoms with Gasteiger partial charge in [-0.2, -0.15) is 0 Å². The fraction of sp³-hybridized carbons (Fsp3) is 0.588. The van der Waals surface area contributed by atoms with Gasteiger partial charge in [0.1, 0.15) is 5.78 Å². The van der Waals surface area contributed by atoms with Gasteiger partial charge in [0, 0.05) is 19.4 Å². The maximum Gasteiger partial charge on any atom is 0.132 e. The highest BCUT2D eigenvalue weighted by Gasteiger charge is 2.17. The molecule has 0 aliphatic heterocycles. The Hall–Kier alpha value is -1.15. The zero-order valence-corrected chi connectivity index (χ0v) is 12.0. The minimum absolute atomic E-state index is 0.447. The summed E-state index contributed by atoms with van der Waals surface area (Å²) >= 11 is 0. The molecule has 0 atom stereocenters. The molecule has 1 saturated carbocycles. The van der Waals surface area contributed by atoms with Crippen molar-refractivity contribution in [1.82, 2.24) is 5.32 Å². The van der Waals surface area contributed by atoms with Crippen molar-refractivity contribution in [3.63, 3.8) is 0 Å². The number of hydrogen-bond acceptors (Lipinski definition) is 2. The van der Waals surface area contributed by atoms with E-state index < -0.39 is 0 Å². The molecule has 0 amide bonds. The van der Waals surface area contributed by atoms with E-state index in [0.717, 1.165) is 38.8 Å². The third-order valence-corrected chi connectivity index (χ3v) is 3.99. The lowest BCUT2D eigenvalue weighted by molar-refractivity contribution is -0.120. The molecular formula is C17H25NO. The first-order valence-corrected chi connectivity index (χ1v) is 7.58. The van der Waals surface area contributed by atoms with Crippen LogP contribution < -0.4 is 5.32 Å². The molecule has 104 valence electrons. The van der Waals surface area contributed by atoms with Crippen molar-refractivity contribution < 1.29 is 4.79 Å². The van der Waals surface area contributed by atoms with E-state index in [1.165, 1.54) is 24.0 Å². The van der Waals surface area contributed by atoms with Crippen molar-refractivity contribution in [3.8, 4) is 0 Å². The van der Waals surface area contributed by atoms with Gasteiger partial charge in [0.05, 0.1) is 0 Å². The van der Waals surface area contributed by atoms with Gasteiger partial charge in [0.15, 0.2) is 0 Å². The third kappa shape index (κ3) is 4.79. The molecule has 19 heavy (non-hydrogen) atoms. The van der Waals surface area contributed by atoms with Crippen molar-refractivity contribution in [2.24, 2.45) is 5.92 Å². The summed E-state index contributed by atoms with van der Waals surface area (Å²) in [6, 6.07) is 8.92. The second-order valence-corrected chi connectivity index (χ2v) is 5.68. The Morgan fingerprint density at radius 3 is 2.37 bits per heavy atom. The lowest BCUT2D eigenvalue weighted by atomic mass is 9.88. The second-order valence-electron chi connectivity index (χ2n) is 5.68. The summed E-state index contributed by atoms with van der Waals surface area (Å²) in [5.41, 5.74) is 2.78. The number of carbonyl (C=O) groups excluding carboxylic acids is 1. The summed E-state index contributed by atoms with van der Waals surface area (Å²) in [6.45, 7) is 4.20. The molecule has 2 rings (SSSR count). The molecule has 0 bridgehead atoms. The van der Waals surface area contributed by atoms with Gasteiger partial charge >= 0.3 is 0 Å². The van der Waals surface area contributed by atoms with Crippen molar-refractivity contribution >= 4 is 5.78 Å². The Balaban J connectivity index is 1.69. The summed E-state index contributed by atoms with van der Waals surface area (Å²) in [5.74, 6) is 1.14. The number of nitrogens with one attached hydrogen (secondary N) is 1. The standard InChI is InChI=1S/C17H25NO/c1-2-3-14-4-6-15(7-5-14)12-18-13-16-8-10-17(19)11-9-16/h4-7,16,18H,2-3,8-13H2,1H3. The molecule has 1 aliphatic carbocycles. The number of aryl methyl sites for hydroxylation is 1. The van der Waals surface area contributed by atoms with Crippen LogP contribution >= 0.6 is 0 Å². The molecule has 1 N–H and O–H groups in total. The Morgan fingerprint density at radius 2 is 1.74 bits per heavy atom. The van der Waals surface area contributed by atoms with E-state index in [1.807, 2.05) is 0 Å². The number of carbonyl (C=O) groups is 1. The van der Waals surface area contributed by atoms with Gasteiger partial charge in [-0.05, 0) is 42.9 Å². The molecule has 0 aromatic heterocycles. The molecule has 0 spiro atoms. The Kier molecular flexibility index (Phi) is 5.59. The second kappa shape index (κ2) is 7.44. The highest BCUT2D eigenvalue weighted by molar-refractivity contribution is 5.79. The first-order valence-electron chi connectivity index (χ1n) is 7.58. The van der Waals surface area contributed by atoms with Crippen molar-refractivity contribution in [1.29, 1.82) is 0 Å². The summed E-state index contributed by atoms with van der Waals surface area (Å²) in [7, 11) is 0. The molecular weight excluding hydrogens is 234 g/mol. The maximum absolute atomic E-state index is 11.2. The third-order valence-electron chi connectivity index (χ3n) is 3.99. The van der Waals surface area contributed by atoms with E-state index in [1.54, 1.807) is 0 Å². The highest BCUT2D eigenvalue weighted by atomic mass is 16.1. The van der Waals surface area contributed by atoms with Gasteiger partial charge < -0.3 is 5.32 Å². The van der Waals surface area contributed by atoms with Gasteiger partial charge in [0.2, 0.25) is 0 Å². The van der Waals surface area contributed by atoms with Crippen LogP contribution in [-0.2, 0) is 17.8 Å². The molecule has 0 heterocycles. The summed E-state index contributed by atoms with van der Waals surface area (Å²) in [5, 5.41) is 3.53. The van der Waals surface area contributed by atoms with Crippen LogP contribution in [0.3, 0.4) is 0 Å². The quantitative estimate of drug-likeness (QED) is 0.847. The number of benzene rings is 1. The molecule has 0 radical (unpaired) electrons. The maximum atomic E-state index is 11.2. The topological polar surface area (TPSA) is 29.1 Å². The molecule has 1 aromatic rings. The molecule has 2 nitrogen and oxygen atoms in total. The monoisotopic (exact) mass is 259 g/mol. The summed E-state index contributed by atoms with van der Waals surface area (Å²) in [4.78, 5) is 11.2. The molecule has 2 heteroatoms. The minimum Gasteiger partial charge on any atom is -0.312 e. The Bertz CT molecular complexity index is 386. The van der Waals surface area contributed by atoms with Gasteiger partial charge in [-0.25, -0.2) is 0 Å². The van der Waals surface area contributed by atoms with Gasteiger partial charge in [-0.1, -0.05) is 37.6 Å². The lowest BCUT2D eigenvalue weighted by Crippen LogP contribution is -2.26. The van der Waals surface area contributed by atoms with Crippen LogP contribution in [0.2, 0.25) is 0 Å². The molecule has 1 aromatic carbocycles. The molecule has 1 aliphatic rings. The fourth-order valence-electron chi connectivity index (χ4n) is 2.74. The number of rotatable bonds is 6. The van der Waals surface area contributed by atoms with Crippen molar-refractivity contribution in [3.05, 3.63) is 35.4 Å². The number of Topliss-reactive ketones (excluding diaryl/α,β-unsaturated/α-hetero) is 1. The predicted octanol–water partition coefficient (Wildman–Crippen LogP) is 3.49. The normalized spacial score (nSPS) is 16.8. The van der Waals surface area contributed by atoms with Crippen molar-refractivity contribution in [2.75, 3.05) is 6.54 Å². The average Bonchev–Trinajstić information content (AvgIpc) is 2.43.